The standard InChI is InChI=1S/C24H22BrN3/c1-4-5-7-19-15(2)23-20(8-6-11-26-23)16(3)24(19)28-14-17-13-27-22-10-9-18(25)12-21(17)22/h4-13,27-28H,1,14H2,2-3H3/b7-5-. The average Bonchev–Trinajstić information content (AvgIpc) is 3.11. The number of H-pyrrole nitrogens is 1. The Hall–Kier alpha value is -2.85. The van der Waals surface area contributed by atoms with E-state index in [1.54, 1.807) is 6.08 Å². The smallest absolute Gasteiger partial charge is 0.0741 e. The van der Waals surface area contributed by atoms with Gasteiger partial charge in [0.15, 0.2) is 0 Å². The van der Waals surface area contributed by atoms with E-state index in [1.807, 2.05) is 18.3 Å². The lowest BCUT2D eigenvalue weighted by Gasteiger charge is -2.18. The molecule has 0 aliphatic carbocycles. The zero-order valence-corrected chi connectivity index (χ0v) is 17.6. The van der Waals surface area contributed by atoms with E-state index in [1.165, 1.54) is 27.5 Å². The van der Waals surface area contributed by atoms with Gasteiger partial charge in [-0.15, -0.1) is 0 Å². The second kappa shape index (κ2) is 7.64. The van der Waals surface area contributed by atoms with Gasteiger partial charge in [0.2, 0.25) is 0 Å². The Morgan fingerprint density at radius 2 is 2.04 bits per heavy atom. The quantitative estimate of drug-likeness (QED) is 0.337. The summed E-state index contributed by atoms with van der Waals surface area (Å²) in [6.45, 7) is 8.84. The number of anilines is 1. The highest BCUT2D eigenvalue weighted by molar-refractivity contribution is 9.10. The van der Waals surface area contributed by atoms with Crippen LogP contribution >= 0.6 is 15.9 Å². The van der Waals surface area contributed by atoms with Crippen LogP contribution in [0.15, 0.2) is 65.9 Å². The molecule has 0 atom stereocenters. The number of nitrogens with zero attached hydrogens (tertiary/aromatic N) is 1. The summed E-state index contributed by atoms with van der Waals surface area (Å²) in [5, 5.41) is 6.09. The molecule has 140 valence electrons. The number of halogens is 1. The Bertz CT molecular complexity index is 1220. The lowest BCUT2D eigenvalue weighted by Crippen LogP contribution is -2.05. The molecule has 0 aliphatic heterocycles. The van der Waals surface area contributed by atoms with Crippen molar-refractivity contribution in [3.8, 4) is 0 Å². The molecule has 4 rings (SSSR count). The number of pyridine rings is 1. The van der Waals surface area contributed by atoms with E-state index < -0.39 is 0 Å². The molecular weight excluding hydrogens is 410 g/mol. The second-order valence-corrected chi connectivity index (χ2v) is 7.81. The number of benzene rings is 2. The second-order valence-electron chi connectivity index (χ2n) is 6.89. The number of aromatic nitrogens is 2. The molecule has 4 heteroatoms. The predicted molar refractivity (Wildman–Crippen MR) is 124 cm³/mol. The Kier molecular flexibility index (Phi) is 5.05. The highest BCUT2D eigenvalue weighted by atomic mass is 79.9. The van der Waals surface area contributed by atoms with E-state index >= 15 is 0 Å². The summed E-state index contributed by atoms with van der Waals surface area (Å²) in [5.74, 6) is 0. The first kappa shape index (κ1) is 18.5. The zero-order valence-electron chi connectivity index (χ0n) is 16.0. The van der Waals surface area contributed by atoms with E-state index in [0.717, 1.165) is 33.3 Å². The molecule has 0 radical (unpaired) electrons. The van der Waals surface area contributed by atoms with Gasteiger partial charge in [-0.1, -0.05) is 46.8 Å². The summed E-state index contributed by atoms with van der Waals surface area (Å²) >= 11 is 3.58. The van der Waals surface area contributed by atoms with Gasteiger partial charge >= 0.3 is 0 Å². The molecule has 0 spiro atoms. The van der Waals surface area contributed by atoms with E-state index in [-0.39, 0.29) is 0 Å². The summed E-state index contributed by atoms with van der Waals surface area (Å²) in [7, 11) is 0. The average molecular weight is 432 g/mol. The van der Waals surface area contributed by atoms with Gasteiger partial charge in [0.05, 0.1) is 5.52 Å². The maximum atomic E-state index is 4.61. The van der Waals surface area contributed by atoms with Crippen LogP contribution in [-0.2, 0) is 6.54 Å². The Morgan fingerprint density at radius 1 is 1.18 bits per heavy atom. The number of rotatable bonds is 5. The van der Waals surface area contributed by atoms with Gasteiger partial charge in [0.25, 0.3) is 0 Å². The number of aromatic amines is 1. The Morgan fingerprint density at radius 3 is 2.86 bits per heavy atom. The molecule has 2 aromatic heterocycles. The van der Waals surface area contributed by atoms with Crippen LogP contribution in [0.3, 0.4) is 0 Å². The van der Waals surface area contributed by atoms with Gasteiger partial charge in [-0.2, -0.15) is 0 Å². The number of aryl methyl sites for hydroxylation is 2. The van der Waals surface area contributed by atoms with Crippen molar-refractivity contribution >= 4 is 49.5 Å². The van der Waals surface area contributed by atoms with Crippen molar-refractivity contribution in [1.29, 1.82) is 0 Å². The van der Waals surface area contributed by atoms with E-state index in [4.69, 9.17) is 0 Å². The van der Waals surface area contributed by atoms with Gasteiger partial charge in [-0.25, -0.2) is 0 Å². The number of nitrogens with one attached hydrogen (secondary N) is 2. The van der Waals surface area contributed by atoms with Gasteiger partial charge in [0.1, 0.15) is 0 Å². The van der Waals surface area contributed by atoms with E-state index in [9.17, 15) is 0 Å². The summed E-state index contributed by atoms with van der Waals surface area (Å²) in [4.78, 5) is 7.97. The van der Waals surface area contributed by atoms with Crippen molar-refractivity contribution in [2.45, 2.75) is 20.4 Å². The number of hydrogen-bond acceptors (Lipinski definition) is 2. The molecule has 0 amide bonds. The molecule has 0 saturated heterocycles. The fourth-order valence-corrected chi connectivity index (χ4v) is 4.10. The van der Waals surface area contributed by atoms with Crippen LogP contribution in [0.1, 0.15) is 22.3 Å². The third-order valence-electron chi connectivity index (χ3n) is 5.20. The molecule has 28 heavy (non-hydrogen) atoms. The number of hydrogen-bond donors (Lipinski definition) is 2. The van der Waals surface area contributed by atoms with Gasteiger partial charge in [0, 0.05) is 51.0 Å². The fourth-order valence-electron chi connectivity index (χ4n) is 3.74. The first-order valence-electron chi connectivity index (χ1n) is 9.26. The van der Waals surface area contributed by atoms with Crippen molar-refractivity contribution in [3.63, 3.8) is 0 Å². The van der Waals surface area contributed by atoms with Gasteiger partial charge in [-0.05, 0) is 54.8 Å². The molecule has 3 nitrogen and oxygen atoms in total. The maximum absolute atomic E-state index is 4.61. The molecule has 0 saturated carbocycles. The molecule has 0 bridgehead atoms. The van der Waals surface area contributed by atoms with Crippen LogP contribution in [0.25, 0.3) is 27.9 Å². The van der Waals surface area contributed by atoms with Crippen molar-refractivity contribution in [3.05, 3.63) is 88.2 Å². The minimum Gasteiger partial charge on any atom is -0.380 e. The first-order chi connectivity index (χ1) is 13.6. The van der Waals surface area contributed by atoms with Crippen LogP contribution in [-0.4, -0.2) is 9.97 Å². The predicted octanol–water partition coefficient (Wildman–Crippen LogP) is 6.91. The zero-order chi connectivity index (χ0) is 19.7. The molecule has 2 aromatic carbocycles. The third-order valence-corrected chi connectivity index (χ3v) is 5.69. The normalized spacial score (nSPS) is 11.5. The third kappa shape index (κ3) is 3.25. The maximum Gasteiger partial charge on any atom is 0.0741 e. The summed E-state index contributed by atoms with van der Waals surface area (Å²) in [6.07, 6.45) is 9.82. The molecule has 0 fully saturated rings. The van der Waals surface area contributed by atoms with Crippen molar-refractivity contribution < 1.29 is 0 Å². The lowest BCUT2D eigenvalue weighted by atomic mass is 9.96. The minimum atomic E-state index is 0.734. The van der Waals surface area contributed by atoms with E-state index in [0.29, 0.717) is 0 Å². The highest BCUT2D eigenvalue weighted by Crippen LogP contribution is 2.34. The van der Waals surface area contributed by atoms with Gasteiger partial charge in [-0.3, -0.25) is 4.98 Å². The monoisotopic (exact) mass is 431 g/mol. The lowest BCUT2D eigenvalue weighted by molar-refractivity contribution is 1.15. The number of allylic oxidation sites excluding steroid dienone is 2. The molecule has 2 heterocycles. The summed E-state index contributed by atoms with van der Waals surface area (Å²) in [5.41, 5.74) is 8.10. The molecular formula is C24H22BrN3. The van der Waals surface area contributed by atoms with E-state index in [2.05, 4.69) is 88.2 Å². The van der Waals surface area contributed by atoms with Crippen LogP contribution in [0.5, 0.6) is 0 Å². The van der Waals surface area contributed by atoms with Crippen molar-refractivity contribution in [2.75, 3.05) is 5.32 Å². The molecule has 0 unspecified atom stereocenters. The Balaban J connectivity index is 1.80. The SMILES string of the molecule is C=C/C=C\c1c(NCc2c[nH]c3ccc(Br)cc23)c(C)c2cccnc2c1C. The topological polar surface area (TPSA) is 40.7 Å². The van der Waals surface area contributed by atoms with Crippen molar-refractivity contribution in [1.82, 2.24) is 9.97 Å². The summed E-state index contributed by atoms with van der Waals surface area (Å²) < 4.78 is 1.08. The largest absolute Gasteiger partial charge is 0.380 e. The first-order valence-corrected chi connectivity index (χ1v) is 10.1. The minimum absolute atomic E-state index is 0.734. The van der Waals surface area contributed by atoms with Crippen LogP contribution in [0.2, 0.25) is 0 Å². The van der Waals surface area contributed by atoms with Crippen LogP contribution < -0.4 is 5.32 Å². The van der Waals surface area contributed by atoms with Crippen LogP contribution in [0, 0.1) is 13.8 Å². The molecule has 2 N–H and O–H groups in total. The number of fused-ring (bicyclic) bond motifs is 2. The highest BCUT2D eigenvalue weighted by Gasteiger charge is 2.14. The summed E-state index contributed by atoms with van der Waals surface area (Å²) in [6, 6.07) is 10.4. The van der Waals surface area contributed by atoms with Crippen molar-refractivity contribution in [2.24, 2.45) is 0 Å². The fraction of sp³-hybridized carbons (Fsp3) is 0.125. The molecule has 4 aromatic rings. The van der Waals surface area contributed by atoms with Gasteiger partial charge < -0.3 is 10.3 Å². The molecule has 0 aliphatic rings. The Labute approximate surface area is 173 Å². The van der Waals surface area contributed by atoms with Crippen LogP contribution in [0.4, 0.5) is 5.69 Å².